The van der Waals surface area contributed by atoms with E-state index in [1.807, 2.05) is 30.0 Å². The Morgan fingerprint density at radius 1 is 1.42 bits per heavy atom. The number of pyridine rings is 1. The van der Waals surface area contributed by atoms with E-state index in [1.54, 1.807) is 18.5 Å². The molecule has 2 aromatic rings. The maximum Gasteiger partial charge on any atom is 0.257 e. The van der Waals surface area contributed by atoms with Crippen LogP contribution < -0.4 is 4.74 Å². The Kier molecular flexibility index (Phi) is 4.68. The second-order valence-corrected chi connectivity index (χ2v) is 7.19. The van der Waals surface area contributed by atoms with Crippen LogP contribution in [0.5, 0.6) is 5.88 Å². The topological polar surface area (TPSA) is 64.8 Å². The van der Waals surface area contributed by atoms with Gasteiger partial charge in [-0.1, -0.05) is 6.07 Å². The van der Waals surface area contributed by atoms with Gasteiger partial charge in [-0.05, 0) is 38.3 Å². The maximum atomic E-state index is 12.9. The number of ether oxygens (including phenoxy) is 2. The van der Waals surface area contributed by atoms with Crippen molar-refractivity contribution in [2.75, 3.05) is 26.3 Å². The van der Waals surface area contributed by atoms with Gasteiger partial charge in [-0.2, -0.15) is 0 Å². The fourth-order valence-electron chi connectivity index (χ4n) is 4.10. The molecule has 6 nitrogen and oxygen atoms in total. The van der Waals surface area contributed by atoms with E-state index in [2.05, 4.69) is 4.98 Å². The third kappa shape index (κ3) is 3.21. The first-order valence-corrected chi connectivity index (χ1v) is 9.17. The monoisotopic (exact) mass is 356 g/mol. The Hall–Kier alpha value is -2.34. The SMILES string of the molecule is Cc1occc1C(=O)N1CCC2OCCCC2(COc2ccccn2)C1. The third-order valence-electron chi connectivity index (χ3n) is 5.51. The molecule has 2 aliphatic heterocycles. The molecule has 2 atom stereocenters. The number of aromatic nitrogens is 1. The van der Waals surface area contributed by atoms with Crippen molar-refractivity contribution in [3.63, 3.8) is 0 Å². The summed E-state index contributed by atoms with van der Waals surface area (Å²) in [6, 6.07) is 7.38. The number of rotatable bonds is 4. The number of hydrogen-bond donors (Lipinski definition) is 0. The van der Waals surface area contributed by atoms with Gasteiger partial charge < -0.3 is 18.8 Å². The molecule has 1 amide bonds. The molecule has 2 unspecified atom stereocenters. The lowest BCUT2D eigenvalue weighted by Crippen LogP contribution is -2.58. The van der Waals surface area contributed by atoms with Gasteiger partial charge in [-0.25, -0.2) is 4.98 Å². The Morgan fingerprint density at radius 2 is 2.35 bits per heavy atom. The quantitative estimate of drug-likeness (QED) is 0.842. The van der Waals surface area contributed by atoms with E-state index in [0.717, 1.165) is 25.9 Å². The van der Waals surface area contributed by atoms with Crippen molar-refractivity contribution in [2.45, 2.75) is 32.3 Å². The van der Waals surface area contributed by atoms with Gasteiger partial charge in [0.15, 0.2) is 0 Å². The molecule has 0 spiro atoms. The van der Waals surface area contributed by atoms with Crippen molar-refractivity contribution in [3.8, 4) is 5.88 Å². The molecule has 0 radical (unpaired) electrons. The second-order valence-electron chi connectivity index (χ2n) is 7.19. The number of carbonyl (C=O) groups excluding carboxylic acids is 1. The summed E-state index contributed by atoms with van der Waals surface area (Å²) < 4.78 is 17.4. The molecule has 2 fully saturated rings. The predicted molar refractivity (Wildman–Crippen MR) is 95.1 cm³/mol. The van der Waals surface area contributed by atoms with Crippen LogP contribution in [0.2, 0.25) is 0 Å². The smallest absolute Gasteiger partial charge is 0.257 e. The number of likely N-dealkylation sites (tertiary alicyclic amines) is 1. The second kappa shape index (κ2) is 7.11. The fraction of sp³-hybridized carbons (Fsp3) is 0.500. The highest BCUT2D eigenvalue weighted by molar-refractivity contribution is 5.95. The van der Waals surface area contributed by atoms with Gasteiger partial charge in [0, 0.05) is 37.4 Å². The van der Waals surface area contributed by atoms with E-state index in [1.165, 1.54) is 0 Å². The van der Waals surface area contributed by atoms with Crippen LogP contribution in [-0.2, 0) is 4.74 Å². The van der Waals surface area contributed by atoms with Gasteiger partial charge in [0.2, 0.25) is 5.88 Å². The Balaban J connectivity index is 1.53. The lowest BCUT2D eigenvalue weighted by molar-refractivity contribution is -0.133. The standard InChI is InChI=1S/C20H24N2O4/c1-15-16(7-12-24-15)19(23)22-10-6-17-20(13-22,8-4-11-25-17)14-26-18-5-2-3-9-21-18/h2-3,5,7,9,12,17H,4,6,8,10-11,13-14H2,1H3. The molecule has 138 valence electrons. The first kappa shape index (κ1) is 17.1. The first-order valence-electron chi connectivity index (χ1n) is 9.17. The molecule has 0 saturated carbocycles. The van der Waals surface area contributed by atoms with Crippen molar-refractivity contribution in [1.29, 1.82) is 0 Å². The average Bonchev–Trinajstić information content (AvgIpc) is 3.12. The van der Waals surface area contributed by atoms with Gasteiger partial charge >= 0.3 is 0 Å². The summed E-state index contributed by atoms with van der Waals surface area (Å²) in [5.74, 6) is 1.30. The van der Waals surface area contributed by atoms with E-state index in [0.29, 0.717) is 36.9 Å². The summed E-state index contributed by atoms with van der Waals surface area (Å²) in [5, 5.41) is 0. The van der Waals surface area contributed by atoms with Crippen molar-refractivity contribution < 1.29 is 18.7 Å². The normalized spacial score (nSPS) is 25.6. The van der Waals surface area contributed by atoms with Gasteiger partial charge in [0.1, 0.15) is 5.76 Å². The number of furan rings is 1. The minimum atomic E-state index is -0.193. The van der Waals surface area contributed by atoms with Crippen LogP contribution in [0, 0.1) is 12.3 Å². The van der Waals surface area contributed by atoms with Gasteiger partial charge in [0.05, 0.1) is 24.5 Å². The van der Waals surface area contributed by atoms with Crippen LogP contribution in [0.4, 0.5) is 0 Å². The van der Waals surface area contributed by atoms with Crippen LogP contribution >= 0.6 is 0 Å². The summed E-state index contributed by atoms with van der Waals surface area (Å²) >= 11 is 0. The van der Waals surface area contributed by atoms with Crippen LogP contribution in [0.3, 0.4) is 0 Å². The van der Waals surface area contributed by atoms with Crippen LogP contribution in [-0.4, -0.2) is 48.2 Å². The van der Waals surface area contributed by atoms with Crippen molar-refractivity contribution >= 4 is 5.91 Å². The largest absolute Gasteiger partial charge is 0.477 e. The number of hydrogen-bond acceptors (Lipinski definition) is 5. The summed E-state index contributed by atoms with van der Waals surface area (Å²) in [6.07, 6.45) is 6.20. The molecular weight excluding hydrogens is 332 g/mol. The van der Waals surface area contributed by atoms with Gasteiger partial charge in [0.25, 0.3) is 5.91 Å². The minimum absolute atomic E-state index is 0.0254. The fourth-order valence-corrected chi connectivity index (χ4v) is 4.10. The van der Waals surface area contributed by atoms with Crippen LogP contribution in [0.15, 0.2) is 41.1 Å². The highest BCUT2D eigenvalue weighted by Crippen LogP contribution is 2.41. The molecule has 26 heavy (non-hydrogen) atoms. The van der Waals surface area contributed by atoms with Crippen LogP contribution in [0.1, 0.15) is 35.4 Å². The summed E-state index contributed by atoms with van der Waals surface area (Å²) in [5.41, 5.74) is 0.447. The van der Waals surface area contributed by atoms with Crippen LogP contribution in [0.25, 0.3) is 0 Å². The zero-order chi connectivity index (χ0) is 18.0. The van der Waals surface area contributed by atoms with E-state index >= 15 is 0 Å². The molecule has 4 rings (SSSR count). The van der Waals surface area contributed by atoms with Crippen molar-refractivity contribution in [3.05, 3.63) is 48.0 Å². The molecule has 6 heteroatoms. The zero-order valence-electron chi connectivity index (χ0n) is 15.0. The number of carbonyl (C=O) groups is 1. The third-order valence-corrected chi connectivity index (χ3v) is 5.51. The highest BCUT2D eigenvalue weighted by Gasteiger charge is 2.48. The Morgan fingerprint density at radius 3 is 3.12 bits per heavy atom. The molecule has 0 N–H and O–H groups in total. The van der Waals surface area contributed by atoms with Crippen molar-refractivity contribution in [1.82, 2.24) is 9.88 Å². The number of nitrogens with zero attached hydrogens (tertiary/aromatic N) is 2. The molecule has 2 aromatic heterocycles. The lowest BCUT2D eigenvalue weighted by atomic mass is 9.73. The molecule has 2 aliphatic rings. The lowest BCUT2D eigenvalue weighted by Gasteiger charge is -2.50. The molecule has 4 heterocycles. The average molecular weight is 356 g/mol. The van der Waals surface area contributed by atoms with Gasteiger partial charge in [-0.15, -0.1) is 0 Å². The molecule has 0 bridgehead atoms. The number of piperidine rings is 1. The first-order chi connectivity index (χ1) is 12.7. The number of amides is 1. The predicted octanol–water partition coefficient (Wildman–Crippen LogP) is 3.07. The molecule has 0 aromatic carbocycles. The zero-order valence-corrected chi connectivity index (χ0v) is 15.0. The highest BCUT2D eigenvalue weighted by atomic mass is 16.5. The summed E-state index contributed by atoms with van der Waals surface area (Å²) in [7, 11) is 0. The number of fused-ring (bicyclic) bond motifs is 1. The Bertz CT molecular complexity index is 760. The number of aryl methyl sites for hydroxylation is 1. The Labute approximate surface area is 153 Å². The maximum absolute atomic E-state index is 12.9. The molecule has 2 saturated heterocycles. The summed E-state index contributed by atoms with van der Waals surface area (Å²) in [6.45, 7) is 4.44. The van der Waals surface area contributed by atoms with Gasteiger partial charge in [-0.3, -0.25) is 4.79 Å². The van der Waals surface area contributed by atoms with Crippen molar-refractivity contribution in [2.24, 2.45) is 5.41 Å². The van der Waals surface area contributed by atoms with E-state index in [9.17, 15) is 4.79 Å². The molecular formula is C20H24N2O4. The van der Waals surface area contributed by atoms with E-state index < -0.39 is 0 Å². The minimum Gasteiger partial charge on any atom is -0.477 e. The van der Waals surface area contributed by atoms with E-state index in [4.69, 9.17) is 13.9 Å². The molecule has 0 aliphatic carbocycles. The van der Waals surface area contributed by atoms with E-state index in [-0.39, 0.29) is 17.4 Å². The summed E-state index contributed by atoms with van der Waals surface area (Å²) in [4.78, 5) is 19.1.